The summed E-state index contributed by atoms with van der Waals surface area (Å²) in [5, 5.41) is -0.259. The molecule has 5 aliphatic carbocycles. The Morgan fingerprint density at radius 1 is 1.00 bits per heavy atom. The number of allylic oxidation sites excluding steroid dienone is 4. The van der Waals surface area contributed by atoms with Crippen LogP contribution in [0.15, 0.2) is 23.4 Å². The zero-order valence-electron chi connectivity index (χ0n) is 22.9. The maximum Gasteiger partial charge on any atom is 0.228 e. The van der Waals surface area contributed by atoms with Crippen LogP contribution in [0.2, 0.25) is 0 Å². The van der Waals surface area contributed by atoms with Crippen molar-refractivity contribution in [2.45, 2.75) is 93.4 Å². The lowest BCUT2D eigenvalue weighted by molar-refractivity contribution is -0.173. The Labute approximate surface area is 221 Å². The molecule has 0 aromatic carbocycles. The van der Waals surface area contributed by atoms with Gasteiger partial charge in [0.05, 0.1) is 6.57 Å². The van der Waals surface area contributed by atoms with E-state index >= 15 is 0 Å². The van der Waals surface area contributed by atoms with E-state index in [9.17, 15) is 14.4 Å². The summed E-state index contributed by atoms with van der Waals surface area (Å²) in [6.45, 7) is 22.9. The summed E-state index contributed by atoms with van der Waals surface area (Å²) in [6, 6.07) is 0. The molecule has 36 heavy (non-hydrogen) atoms. The third kappa shape index (κ3) is 2.96. The number of carbonyl (C=O) groups is 3. The van der Waals surface area contributed by atoms with Gasteiger partial charge in [-0.25, -0.2) is 4.85 Å². The van der Waals surface area contributed by atoms with E-state index in [0.29, 0.717) is 0 Å². The summed E-state index contributed by atoms with van der Waals surface area (Å²) in [7, 11) is 0. The largest absolute Gasteiger partial charge is 0.307 e. The lowest BCUT2D eigenvalue weighted by Gasteiger charge is -2.69. The summed E-state index contributed by atoms with van der Waals surface area (Å²) in [5.41, 5.74) is -1.02. The molecule has 5 rings (SSSR count). The van der Waals surface area contributed by atoms with Crippen LogP contribution in [0, 0.1) is 56.8 Å². The quantitative estimate of drug-likeness (QED) is 0.275. The number of fused-ring (bicyclic) bond motifs is 7. The molecule has 0 heterocycles. The van der Waals surface area contributed by atoms with Crippen molar-refractivity contribution in [3.05, 3.63) is 34.8 Å². The van der Waals surface area contributed by atoms with Gasteiger partial charge in [-0.15, -0.1) is 0 Å². The maximum atomic E-state index is 14.3. The molecule has 0 radical (unpaired) electrons. The van der Waals surface area contributed by atoms with E-state index in [4.69, 9.17) is 18.2 Å². The Balaban J connectivity index is 1.71. The minimum Gasteiger partial charge on any atom is -0.307 e. The van der Waals surface area contributed by atoms with E-state index in [-0.39, 0.29) is 56.5 Å². The Morgan fingerprint density at radius 3 is 2.25 bits per heavy atom. The van der Waals surface area contributed by atoms with E-state index in [1.54, 1.807) is 0 Å². The van der Waals surface area contributed by atoms with Gasteiger partial charge in [-0.3, -0.25) is 9.59 Å². The second-order valence-corrected chi connectivity index (χ2v) is 15.0. The van der Waals surface area contributed by atoms with Crippen molar-refractivity contribution in [2.75, 3.05) is 0 Å². The molecule has 5 aliphatic rings. The predicted molar refractivity (Wildman–Crippen MR) is 141 cm³/mol. The van der Waals surface area contributed by atoms with E-state index in [0.717, 1.165) is 50.5 Å². The lowest BCUT2D eigenvalue weighted by atomic mass is 9.34. The highest BCUT2D eigenvalue weighted by molar-refractivity contribution is 6.64. The van der Waals surface area contributed by atoms with Gasteiger partial charge in [-0.1, -0.05) is 60.1 Å². The third-order valence-electron chi connectivity index (χ3n) is 12.2. The van der Waals surface area contributed by atoms with Gasteiger partial charge in [0.25, 0.3) is 0 Å². The molecule has 0 aromatic rings. The molecule has 0 aliphatic heterocycles. The van der Waals surface area contributed by atoms with Gasteiger partial charge in [0.1, 0.15) is 0 Å². The summed E-state index contributed by atoms with van der Waals surface area (Å²) >= 11 is 6.37. The Hall–Kier alpha value is -1.73. The second kappa shape index (κ2) is 7.43. The summed E-state index contributed by atoms with van der Waals surface area (Å²) < 4.78 is 0. The third-order valence-corrected chi connectivity index (χ3v) is 12.6. The van der Waals surface area contributed by atoms with Gasteiger partial charge < -0.3 is 4.79 Å². The van der Waals surface area contributed by atoms with Gasteiger partial charge >= 0.3 is 0 Å². The molecule has 0 spiro atoms. The fourth-order valence-corrected chi connectivity index (χ4v) is 10.3. The number of rotatable bonds is 1. The number of carbonyl (C=O) groups excluding carboxylic acids is 3. The molecule has 7 atom stereocenters. The number of Topliss-reactive ketones (excluding diaryl/α,β-unsaturated/α-hetero) is 1. The minimum atomic E-state index is -0.660. The van der Waals surface area contributed by atoms with Crippen molar-refractivity contribution >= 4 is 28.4 Å². The number of nitrogens with zero attached hydrogens (tertiary/aromatic N) is 1. The van der Waals surface area contributed by atoms with E-state index in [2.05, 4.69) is 39.5 Å². The van der Waals surface area contributed by atoms with Crippen molar-refractivity contribution in [1.82, 2.24) is 0 Å². The standard InChI is InChI=1S/C31H40ClNO3/c1-26(2)11-13-31(25(32)36)14-12-30(7)23(18(31)16-26)20(34)15-22-28(5)17-19(33-8)24(35)27(3,4)21(28)9-10-29(22,30)6/h15,17-18,21,23H,9-14,16H2,1-7H3/t18-,21-,23-,28-,29+,30+,31-/m0/s1. The zero-order chi connectivity index (χ0) is 26.7. The molecule has 3 saturated carbocycles. The monoisotopic (exact) mass is 509 g/mol. The predicted octanol–water partition coefficient (Wildman–Crippen LogP) is 7.32. The normalized spacial score (nSPS) is 46.7. The van der Waals surface area contributed by atoms with E-state index in [1.807, 2.05) is 26.0 Å². The van der Waals surface area contributed by atoms with Crippen LogP contribution in [-0.4, -0.2) is 16.8 Å². The van der Waals surface area contributed by atoms with Crippen molar-refractivity contribution in [3.8, 4) is 0 Å². The lowest BCUT2D eigenvalue weighted by Crippen LogP contribution is -2.65. The second-order valence-electron chi connectivity index (χ2n) is 14.7. The minimum absolute atomic E-state index is 0.0380. The fourth-order valence-electron chi connectivity index (χ4n) is 9.94. The number of hydrogen-bond acceptors (Lipinski definition) is 3. The van der Waals surface area contributed by atoms with Crippen molar-refractivity contribution in [1.29, 1.82) is 0 Å². The highest BCUT2D eigenvalue weighted by Gasteiger charge is 2.70. The van der Waals surface area contributed by atoms with Crippen LogP contribution in [0.5, 0.6) is 0 Å². The average Bonchev–Trinajstić information content (AvgIpc) is 2.77. The summed E-state index contributed by atoms with van der Waals surface area (Å²) in [4.78, 5) is 44.1. The van der Waals surface area contributed by atoms with Crippen molar-refractivity contribution in [2.24, 2.45) is 50.2 Å². The van der Waals surface area contributed by atoms with Crippen LogP contribution in [-0.2, 0) is 14.4 Å². The van der Waals surface area contributed by atoms with Crippen LogP contribution >= 0.6 is 11.6 Å². The van der Waals surface area contributed by atoms with Crippen LogP contribution in [0.25, 0.3) is 4.85 Å². The first-order chi connectivity index (χ1) is 16.5. The molecular weight excluding hydrogens is 470 g/mol. The first-order valence-corrected chi connectivity index (χ1v) is 14.0. The smallest absolute Gasteiger partial charge is 0.228 e. The fraction of sp³-hybridized carbons (Fsp3) is 0.742. The highest BCUT2D eigenvalue weighted by Crippen LogP contribution is 2.74. The molecule has 0 aromatic heterocycles. The van der Waals surface area contributed by atoms with Crippen LogP contribution in [0.4, 0.5) is 0 Å². The first-order valence-electron chi connectivity index (χ1n) is 13.6. The number of hydrogen-bond donors (Lipinski definition) is 0. The van der Waals surface area contributed by atoms with Crippen LogP contribution < -0.4 is 0 Å². The molecule has 0 unspecified atom stereocenters. The molecule has 3 fully saturated rings. The van der Waals surface area contributed by atoms with Gasteiger partial charge in [0, 0.05) is 22.2 Å². The van der Waals surface area contributed by atoms with Crippen molar-refractivity contribution in [3.63, 3.8) is 0 Å². The van der Waals surface area contributed by atoms with Gasteiger partial charge in [0.15, 0.2) is 11.6 Å². The molecule has 0 N–H and O–H groups in total. The van der Waals surface area contributed by atoms with Crippen LogP contribution in [0.1, 0.15) is 93.4 Å². The van der Waals surface area contributed by atoms with E-state index in [1.165, 1.54) is 0 Å². The Morgan fingerprint density at radius 2 is 1.64 bits per heavy atom. The first kappa shape index (κ1) is 25.9. The summed E-state index contributed by atoms with van der Waals surface area (Å²) in [6.07, 6.45) is 9.60. The Bertz CT molecular complexity index is 1190. The SMILES string of the molecule is [C-]#[N+]C1=C[C@]2(C)C3=CC(=O)[C@@H]4[C@@H]5CC(C)(C)CC[C@]5(C(=O)Cl)CC[C@@]4(C)[C@]3(C)CC[C@H]2C(C)(C)C1=O. The van der Waals surface area contributed by atoms with Crippen molar-refractivity contribution < 1.29 is 14.4 Å². The summed E-state index contributed by atoms with van der Waals surface area (Å²) in [5.74, 6) is -0.232. The molecule has 0 bridgehead atoms. The molecule has 0 amide bonds. The number of halogens is 1. The zero-order valence-corrected chi connectivity index (χ0v) is 23.6. The molecular formula is C31H40ClNO3. The Kier molecular flexibility index (Phi) is 5.35. The maximum absolute atomic E-state index is 14.3. The van der Waals surface area contributed by atoms with Gasteiger partial charge in [-0.2, -0.15) is 0 Å². The van der Waals surface area contributed by atoms with Gasteiger partial charge in [-0.05, 0) is 90.7 Å². The van der Waals surface area contributed by atoms with Gasteiger partial charge in [0.2, 0.25) is 10.9 Å². The molecule has 0 saturated heterocycles. The highest BCUT2D eigenvalue weighted by atomic mass is 35.5. The average molecular weight is 510 g/mol. The van der Waals surface area contributed by atoms with E-state index < -0.39 is 16.2 Å². The molecule has 5 heteroatoms. The molecule has 4 nitrogen and oxygen atoms in total. The van der Waals surface area contributed by atoms with Crippen LogP contribution in [0.3, 0.4) is 0 Å². The number of ketones is 2. The molecule has 194 valence electrons. The topological polar surface area (TPSA) is 55.6 Å².